The number of hydrogen-bond donors (Lipinski definition) is 2. The molecule has 2 N–H and O–H groups in total. The van der Waals surface area contributed by atoms with Crippen LogP contribution in [-0.4, -0.2) is 32.8 Å². The Kier molecular flexibility index (Phi) is 5.14. The van der Waals surface area contributed by atoms with Gasteiger partial charge < -0.3 is 9.84 Å². The lowest BCUT2D eigenvalue weighted by Crippen LogP contribution is -2.44. The molecule has 0 bridgehead atoms. The SMILES string of the molecule is COc1cc(Cl)ccc1S(=O)(=O)NCC1(O)CCCCC1. The van der Waals surface area contributed by atoms with E-state index in [0.717, 1.165) is 19.3 Å². The highest BCUT2D eigenvalue weighted by molar-refractivity contribution is 7.89. The minimum Gasteiger partial charge on any atom is -0.495 e. The van der Waals surface area contributed by atoms with Gasteiger partial charge in [-0.15, -0.1) is 0 Å². The molecule has 1 aromatic rings. The summed E-state index contributed by atoms with van der Waals surface area (Å²) in [6.07, 6.45) is 4.16. The van der Waals surface area contributed by atoms with E-state index in [4.69, 9.17) is 16.3 Å². The number of rotatable bonds is 5. The molecule has 1 saturated carbocycles. The van der Waals surface area contributed by atoms with Gasteiger partial charge in [0.15, 0.2) is 0 Å². The lowest BCUT2D eigenvalue weighted by molar-refractivity contribution is 0.00945. The third-order valence-corrected chi connectivity index (χ3v) is 5.47. The van der Waals surface area contributed by atoms with E-state index in [9.17, 15) is 13.5 Å². The van der Waals surface area contributed by atoms with E-state index in [1.165, 1.54) is 25.3 Å². The second-order valence-electron chi connectivity index (χ2n) is 5.40. The van der Waals surface area contributed by atoms with Crippen LogP contribution < -0.4 is 9.46 Å². The summed E-state index contributed by atoms with van der Waals surface area (Å²) in [5.41, 5.74) is -0.953. The number of ether oxygens (including phenoxy) is 1. The first-order valence-electron chi connectivity index (χ1n) is 6.92. The quantitative estimate of drug-likeness (QED) is 0.867. The van der Waals surface area contributed by atoms with Gasteiger partial charge in [0.2, 0.25) is 10.0 Å². The Morgan fingerprint density at radius 2 is 2.00 bits per heavy atom. The molecule has 1 aliphatic rings. The third-order valence-electron chi connectivity index (χ3n) is 3.79. The molecule has 0 amide bonds. The molecule has 0 radical (unpaired) electrons. The molecule has 0 atom stereocenters. The van der Waals surface area contributed by atoms with Crippen LogP contribution in [0.15, 0.2) is 23.1 Å². The van der Waals surface area contributed by atoms with Crippen molar-refractivity contribution in [3.8, 4) is 5.75 Å². The van der Waals surface area contributed by atoms with Crippen LogP contribution >= 0.6 is 11.6 Å². The van der Waals surface area contributed by atoms with Gasteiger partial charge >= 0.3 is 0 Å². The van der Waals surface area contributed by atoms with E-state index >= 15 is 0 Å². The lowest BCUT2D eigenvalue weighted by atomic mass is 9.85. The van der Waals surface area contributed by atoms with Crippen molar-refractivity contribution in [3.63, 3.8) is 0 Å². The fraction of sp³-hybridized carbons (Fsp3) is 0.571. The Bertz CT molecular complexity index is 597. The maximum absolute atomic E-state index is 12.4. The van der Waals surface area contributed by atoms with Gasteiger partial charge in [0.05, 0.1) is 12.7 Å². The van der Waals surface area contributed by atoms with Gasteiger partial charge in [0.25, 0.3) is 0 Å². The van der Waals surface area contributed by atoms with Crippen molar-refractivity contribution in [3.05, 3.63) is 23.2 Å². The van der Waals surface area contributed by atoms with Gasteiger partial charge in [0, 0.05) is 17.6 Å². The summed E-state index contributed by atoms with van der Waals surface area (Å²) in [6, 6.07) is 4.34. The van der Waals surface area contributed by atoms with Crippen LogP contribution in [0.2, 0.25) is 5.02 Å². The standard InChI is InChI=1S/C14H20ClNO4S/c1-20-12-9-11(15)5-6-13(12)21(18,19)16-10-14(17)7-3-2-4-8-14/h5-6,9,16-17H,2-4,7-8,10H2,1H3. The molecular formula is C14H20ClNO4S. The first-order chi connectivity index (χ1) is 9.86. The smallest absolute Gasteiger partial charge is 0.244 e. The first-order valence-corrected chi connectivity index (χ1v) is 8.78. The molecule has 21 heavy (non-hydrogen) atoms. The average molecular weight is 334 g/mol. The fourth-order valence-electron chi connectivity index (χ4n) is 2.56. The van der Waals surface area contributed by atoms with Crippen molar-refractivity contribution in [1.82, 2.24) is 4.72 Å². The number of halogens is 1. The van der Waals surface area contributed by atoms with Crippen LogP contribution in [-0.2, 0) is 10.0 Å². The summed E-state index contributed by atoms with van der Waals surface area (Å²) >= 11 is 5.83. The Balaban J connectivity index is 2.15. The van der Waals surface area contributed by atoms with Crippen LogP contribution in [0.3, 0.4) is 0 Å². The zero-order valence-corrected chi connectivity index (χ0v) is 13.5. The van der Waals surface area contributed by atoms with Crippen molar-refractivity contribution in [2.75, 3.05) is 13.7 Å². The average Bonchev–Trinajstić information content (AvgIpc) is 2.46. The molecule has 5 nitrogen and oxygen atoms in total. The van der Waals surface area contributed by atoms with Gasteiger partial charge in [-0.2, -0.15) is 0 Å². The minimum atomic E-state index is -3.75. The molecular weight excluding hydrogens is 314 g/mol. The summed E-state index contributed by atoms with van der Waals surface area (Å²) in [5.74, 6) is 0.186. The normalized spacial score (nSPS) is 18.4. The number of benzene rings is 1. The Labute approximate surface area is 130 Å². The highest BCUT2D eigenvalue weighted by Crippen LogP contribution is 2.30. The zero-order valence-electron chi connectivity index (χ0n) is 11.9. The molecule has 0 aromatic heterocycles. The van der Waals surface area contributed by atoms with Gasteiger partial charge in [-0.1, -0.05) is 30.9 Å². The topological polar surface area (TPSA) is 75.6 Å². The maximum Gasteiger partial charge on any atom is 0.244 e. The molecule has 0 heterocycles. The van der Waals surface area contributed by atoms with Crippen LogP contribution in [0, 0.1) is 0 Å². The fourth-order valence-corrected chi connectivity index (χ4v) is 3.99. The van der Waals surface area contributed by atoms with Gasteiger partial charge in [-0.25, -0.2) is 13.1 Å². The molecule has 1 aromatic carbocycles. The molecule has 7 heteroatoms. The van der Waals surface area contributed by atoms with Gasteiger partial charge in [-0.05, 0) is 25.0 Å². The van der Waals surface area contributed by atoms with Crippen molar-refractivity contribution >= 4 is 21.6 Å². The Morgan fingerprint density at radius 3 is 2.62 bits per heavy atom. The predicted octanol–water partition coefficient (Wildman–Crippen LogP) is 2.32. The van der Waals surface area contributed by atoms with Gasteiger partial charge in [-0.3, -0.25) is 0 Å². The van der Waals surface area contributed by atoms with E-state index in [2.05, 4.69) is 4.72 Å². The van der Waals surface area contributed by atoms with Crippen molar-refractivity contribution in [2.24, 2.45) is 0 Å². The number of hydrogen-bond acceptors (Lipinski definition) is 4. The van der Waals surface area contributed by atoms with Crippen LogP contribution in [0.4, 0.5) is 0 Å². The Hall–Kier alpha value is -0.820. The summed E-state index contributed by atoms with van der Waals surface area (Å²) in [4.78, 5) is 0.0220. The molecule has 0 saturated heterocycles. The summed E-state index contributed by atoms with van der Waals surface area (Å²) in [7, 11) is -2.36. The van der Waals surface area contributed by atoms with Gasteiger partial charge in [0.1, 0.15) is 10.6 Å². The largest absolute Gasteiger partial charge is 0.495 e. The molecule has 0 aliphatic heterocycles. The highest BCUT2D eigenvalue weighted by atomic mass is 35.5. The second-order valence-corrected chi connectivity index (χ2v) is 7.58. The van der Waals surface area contributed by atoms with Crippen LogP contribution in [0.5, 0.6) is 5.75 Å². The van der Waals surface area contributed by atoms with Crippen molar-refractivity contribution < 1.29 is 18.3 Å². The van der Waals surface area contributed by atoms with E-state index in [-0.39, 0.29) is 17.2 Å². The molecule has 0 unspecified atom stereocenters. The molecule has 118 valence electrons. The molecule has 1 aliphatic carbocycles. The first kappa shape index (κ1) is 16.5. The number of nitrogens with one attached hydrogen (secondary N) is 1. The molecule has 0 spiro atoms. The van der Waals surface area contributed by atoms with E-state index < -0.39 is 15.6 Å². The number of sulfonamides is 1. The lowest BCUT2D eigenvalue weighted by Gasteiger charge is -2.32. The minimum absolute atomic E-state index is 0.0150. The van der Waals surface area contributed by atoms with E-state index in [1.807, 2.05) is 0 Å². The molecule has 1 fully saturated rings. The summed E-state index contributed by atoms with van der Waals surface area (Å²) in [5, 5.41) is 10.8. The molecule has 2 rings (SSSR count). The number of aliphatic hydroxyl groups is 1. The summed E-state index contributed by atoms with van der Waals surface area (Å²) in [6.45, 7) is 0.0150. The highest BCUT2D eigenvalue weighted by Gasteiger charge is 2.31. The van der Waals surface area contributed by atoms with E-state index in [0.29, 0.717) is 17.9 Å². The summed E-state index contributed by atoms with van der Waals surface area (Å²) < 4.78 is 32.3. The monoisotopic (exact) mass is 333 g/mol. The van der Waals surface area contributed by atoms with E-state index in [1.54, 1.807) is 0 Å². The maximum atomic E-state index is 12.4. The third kappa shape index (κ3) is 4.10. The number of methoxy groups -OCH3 is 1. The predicted molar refractivity (Wildman–Crippen MR) is 81.2 cm³/mol. The zero-order chi connectivity index (χ0) is 15.5. The van der Waals surface area contributed by atoms with Crippen molar-refractivity contribution in [1.29, 1.82) is 0 Å². The van der Waals surface area contributed by atoms with Crippen LogP contribution in [0.1, 0.15) is 32.1 Å². The Morgan fingerprint density at radius 1 is 1.33 bits per heavy atom. The second kappa shape index (κ2) is 6.52. The van der Waals surface area contributed by atoms with Crippen molar-refractivity contribution in [2.45, 2.75) is 42.6 Å². The van der Waals surface area contributed by atoms with Crippen LogP contribution in [0.25, 0.3) is 0 Å².